The highest BCUT2D eigenvalue weighted by molar-refractivity contribution is 6.21. The van der Waals surface area contributed by atoms with Gasteiger partial charge in [-0.25, -0.2) is 4.39 Å². The second-order valence-corrected chi connectivity index (χ2v) is 5.36. The van der Waals surface area contributed by atoms with E-state index in [0.29, 0.717) is 0 Å². The monoisotopic (exact) mass is 300 g/mol. The van der Waals surface area contributed by atoms with Gasteiger partial charge in [-0.1, -0.05) is 12.8 Å². The number of alkyl halides is 1. The van der Waals surface area contributed by atoms with Crippen molar-refractivity contribution in [3.05, 3.63) is 39.7 Å². The van der Waals surface area contributed by atoms with Crippen molar-refractivity contribution in [1.29, 1.82) is 0 Å². The van der Waals surface area contributed by atoms with E-state index in [9.17, 15) is 19.3 Å². The number of rotatable bonds is 3. The smallest absolute Gasteiger partial charge is 0.285 e. The molecule has 0 spiro atoms. The maximum Gasteiger partial charge on any atom is 0.285 e. The largest absolute Gasteiger partial charge is 0.348 e. The van der Waals surface area contributed by atoms with Gasteiger partial charge in [0.15, 0.2) is 0 Å². The Hall–Kier alpha value is -1.69. The van der Waals surface area contributed by atoms with Gasteiger partial charge >= 0.3 is 0 Å². The van der Waals surface area contributed by atoms with Crippen LogP contribution in [-0.2, 0) is 0 Å². The van der Waals surface area contributed by atoms with Gasteiger partial charge in [0.05, 0.1) is 16.4 Å². The van der Waals surface area contributed by atoms with Gasteiger partial charge in [0.25, 0.3) is 11.6 Å². The van der Waals surface area contributed by atoms with Crippen LogP contribution in [0.5, 0.6) is 0 Å². The summed E-state index contributed by atoms with van der Waals surface area (Å²) in [5, 5.41) is 13.4. The zero-order chi connectivity index (χ0) is 14.7. The van der Waals surface area contributed by atoms with Gasteiger partial charge in [0, 0.05) is 6.04 Å². The highest BCUT2D eigenvalue weighted by Crippen LogP contribution is 2.25. The normalized spacial score (nSPS) is 22.3. The van der Waals surface area contributed by atoms with Crippen LogP contribution < -0.4 is 5.32 Å². The summed E-state index contributed by atoms with van der Waals surface area (Å²) in [7, 11) is 0. The molecule has 0 radical (unpaired) electrons. The fraction of sp³-hybridized carbons (Fsp3) is 0.462. The first kappa shape index (κ1) is 14.7. The quantitative estimate of drug-likeness (QED) is 0.530. The van der Waals surface area contributed by atoms with E-state index in [1.807, 2.05) is 0 Å². The molecule has 5 nitrogen and oxygen atoms in total. The molecule has 1 N–H and O–H groups in total. The second-order valence-electron chi connectivity index (χ2n) is 4.80. The Morgan fingerprint density at radius 3 is 2.75 bits per heavy atom. The van der Waals surface area contributed by atoms with Crippen molar-refractivity contribution in [3.8, 4) is 0 Å². The van der Waals surface area contributed by atoms with E-state index in [1.165, 1.54) is 0 Å². The van der Waals surface area contributed by atoms with Crippen molar-refractivity contribution in [2.45, 2.75) is 37.1 Å². The molecule has 20 heavy (non-hydrogen) atoms. The van der Waals surface area contributed by atoms with Crippen LogP contribution in [-0.4, -0.2) is 22.2 Å². The van der Waals surface area contributed by atoms with Gasteiger partial charge in [-0.05, 0) is 25.0 Å². The Kier molecular flexibility index (Phi) is 4.54. The van der Waals surface area contributed by atoms with Crippen LogP contribution in [0.3, 0.4) is 0 Å². The first-order chi connectivity index (χ1) is 9.49. The van der Waals surface area contributed by atoms with Crippen LogP contribution in [0.25, 0.3) is 0 Å². The van der Waals surface area contributed by atoms with E-state index in [1.54, 1.807) is 0 Å². The fourth-order valence-electron chi connectivity index (χ4n) is 2.34. The van der Waals surface area contributed by atoms with Gasteiger partial charge in [0.1, 0.15) is 11.4 Å². The van der Waals surface area contributed by atoms with E-state index in [-0.39, 0.29) is 17.0 Å². The average molecular weight is 301 g/mol. The lowest BCUT2D eigenvalue weighted by Crippen LogP contribution is -2.43. The van der Waals surface area contributed by atoms with Crippen LogP contribution >= 0.6 is 11.6 Å². The van der Waals surface area contributed by atoms with E-state index in [4.69, 9.17) is 11.6 Å². The molecule has 1 fully saturated rings. The lowest BCUT2D eigenvalue weighted by atomic mass is 9.94. The summed E-state index contributed by atoms with van der Waals surface area (Å²) in [4.78, 5) is 22.2. The molecule has 2 rings (SSSR count). The molecule has 0 aromatic heterocycles. The lowest BCUT2D eigenvalue weighted by molar-refractivity contribution is -0.385. The molecular weight excluding hydrogens is 287 g/mol. The number of hydrogen-bond donors (Lipinski definition) is 1. The summed E-state index contributed by atoms with van der Waals surface area (Å²) in [6.45, 7) is 0. The minimum Gasteiger partial charge on any atom is -0.348 e. The predicted molar refractivity (Wildman–Crippen MR) is 72.4 cm³/mol. The first-order valence-corrected chi connectivity index (χ1v) is 6.81. The van der Waals surface area contributed by atoms with Gasteiger partial charge in [-0.2, -0.15) is 0 Å². The average Bonchev–Trinajstić information content (AvgIpc) is 2.41. The summed E-state index contributed by atoms with van der Waals surface area (Å²) >= 11 is 6.13. The SMILES string of the molecule is O=C(NC1CCCCC1Cl)c1ccc(F)cc1[N+](=O)[O-]. The van der Waals surface area contributed by atoms with Crippen molar-refractivity contribution in [2.75, 3.05) is 0 Å². The third kappa shape index (κ3) is 3.25. The minimum atomic E-state index is -0.767. The van der Waals surface area contributed by atoms with Gasteiger partial charge < -0.3 is 5.32 Å². The molecule has 0 heterocycles. The van der Waals surface area contributed by atoms with Crippen LogP contribution in [0.1, 0.15) is 36.0 Å². The fourth-order valence-corrected chi connectivity index (χ4v) is 2.69. The molecule has 7 heteroatoms. The number of nitro groups is 1. The van der Waals surface area contributed by atoms with E-state index < -0.39 is 22.3 Å². The zero-order valence-electron chi connectivity index (χ0n) is 10.6. The van der Waals surface area contributed by atoms with Crippen LogP contribution in [0, 0.1) is 15.9 Å². The topological polar surface area (TPSA) is 72.2 Å². The van der Waals surface area contributed by atoms with Crippen LogP contribution in [0.2, 0.25) is 0 Å². The lowest BCUT2D eigenvalue weighted by Gasteiger charge is -2.27. The Labute approximate surface area is 120 Å². The number of hydrogen-bond acceptors (Lipinski definition) is 3. The molecule has 1 aliphatic carbocycles. The van der Waals surface area contributed by atoms with Crippen LogP contribution in [0.4, 0.5) is 10.1 Å². The highest BCUT2D eigenvalue weighted by atomic mass is 35.5. The summed E-state index contributed by atoms with van der Waals surface area (Å²) < 4.78 is 13.0. The van der Waals surface area contributed by atoms with Gasteiger partial charge in [-0.15, -0.1) is 11.6 Å². The number of carbonyl (C=O) groups is 1. The second kappa shape index (κ2) is 6.17. The van der Waals surface area contributed by atoms with E-state index in [0.717, 1.165) is 43.9 Å². The molecule has 1 amide bonds. The molecule has 2 atom stereocenters. The Morgan fingerprint density at radius 1 is 1.40 bits per heavy atom. The van der Waals surface area contributed by atoms with Gasteiger partial charge in [-0.3, -0.25) is 14.9 Å². The van der Waals surface area contributed by atoms with Crippen molar-refractivity contribution < 1.29 is 14.1 Å². The Bertz CT molecular complexity index is 538. The van der Waals surface area contributed by atoms with Crippen molar-refractivity contribution in [2.24, 2.45) is 0 Å². The third-order valence-corrected chi connectivity index (χ3v) is 3.92. The Balaban J connectivity index is 2.18. The summed E-state index contributed by atoms with van der Waals surface area (Å²) in [5.41, 5.74) is -0.685. The number of halogens is 2. The number of nitrogens with zero attached hydrogens (tertiary/aromatic N) is 1. The number of nitro benzene ring substituents is 1. The van der Waals surface area contributed by atoms with Crippen molar-refractivity contribution >= 4 is 23.2 Å². The summed E-state index contributed by atoms with van der Waals surface area (Å²) in [5.74, 6) is -1.34. The Morgan fingerprint density at radius 2 is 2.10 bits per heavy atom. The number of carbonyl (C=O) groups excluding carboxylic acids is 1. The molecule has 1 saturated carbocycles. The van der Waals surface area contributed by atoms with E-state index in [2.05, 4.69) is 5.32 Å². The molecule has 1 aromatic rings. The first-order valence-electron chi connectivity index (χ1n) is 6.38. The number of amides is 1. The number of nitrogens with one attached hydrogen (secondary N) is 1. The third-order valence-electron chi connectivity index (χ3n) is 3.40. The maximum atomic E-state index is 13.0. The molecule has 0 saturated heterocycles. The molecule has 2 unspecified atom stereocenters. The molecule has 1 aromatic carbocycles. The number of benzene rings is 1. The molecule has 1 aliphatic rings. The van der Waals surface area contributed by atoms with Crippen LogP contribution in [0.15, 0.2) is 18.2 Å². The summed E-state index contributed by atoms with van der Waals surface area (Å²) in [6.07, 6.45) is 3.52. The molecule has 108 valence electrons. The molecule has 0 bridgehead atoms. The standard InChI is InChI=1S/C13H14ClFN2O3/c14-10-3-1-2-4-11(10)16-13(18)9-6-5-8(15)7-12(9)17(19)20/h5-7,10-11H,1-4H2,(H,16,18). The maximum absolute atomic E-state index is 13.0. The summed E-state index contributed by atoms with van der Waals surface area (Å²) in [6, 6.07) is 2.69. The van der Waals surface area contributed by atoms with E-state index >= 15 is 0 Å². The molecular formula is C13H14ClFN2O3. The highest BCUT2D eigenvalue weighted by Gasteiger charge is 2.28. The minimum absolute atomic E-state index is 0.147. The predicted octanol–water partition coefficient (Wildman–Crippen LogP) is 3.01. The molecule has 0 aliphatic heterocycles. The van der Waals surface area contributed by atoms with Gasteiger partial charge in [0.2, 0.25) is 0 Å². The van der Waals surface area contributed by atoms with Crippen molar-refractivity contribution in [3.63, 3.8) is 0 Å². The zero-order valence-corrected chi connectivity index (χ0v) is 11.4. The van der Waals surface area contributed by atoms with Crippen molar-refractivity contribution in [1.82, 2.24) is 5.32 Å².